The number of aryl methyl sites for hydroxylation is 1. The number of hydrogen-bond acceptors (Lipinski definition) is 3. The lowest BCUT2D eigenvalue weighted by Gasteiger charge is -2.09. The SMILES string of the molecule is CCS(=O)(=O)Nc1ccc(Cc2cc(C)c(C(=O)c3ccccc3)n2C)cc1. The van der Waals surface area contributed by atoms with E-state index in [0.29, 0.717) is 23.4 Å². The quantitative estimate of drug-likeness (QED) is 0.616. The molecule has 1 aromatic heterocycles. The first-order chi connectivity index (χ1) is 13.3. The highest BCUT2D eigenvalue weighted by atomic mass is 32.2. The number of aromatic nitrogens is 1. The van der Waals surface area contributed by atoms with Gasteiger partial charge in [0.15, 0.2) is 0 Å². The van der Waals surface area contributed by atoms with Crippen molar-refractivity contribution in [3.8, 4) is 0 Å². The van der Waals surface area contributed by atoms with Gasteiger partial charge in [-0.05, 0) is 43.2 Å². The molecule has 0 unspecified atom stereocenters. The van der Waals surface area contributed by atoms with Crippen LogP contribution in [0.25, 0.3) is 0 Å². The van der Waals surface area contributed by atoms with Crippen molar-refractivity contribution < 1.29 is 13.2 Å². The van der Waals surface area contributed by atoms with Gasteiger partial charge in [-0.1, -0.05) is 42.5 Å². The Labute approximate surface area is 166 Å². The fraction of sp³-hybridized carbons (Fsp3) is 0.227. The Morgan fingerprint density at radius 1 is 1.04 bits per heavy atom. The zero-order valence-corrected chi connectivity index (χ0v) is 17.1. The molecule has 6 heteroatoms. The molecule has 0 saturated heterocycles. The van der Waals surface area contributed by atoms with Gasteiger partial charge in [-0.15, -0.1) is 0 Å². The standard InChI is InChI=1S/C22H24N2O3S/c1-4-28(26,27)23-19-12-10-17(11-13-19)15-20-14-16(2)21(24(20)3)22(25)18-8-6-5-7-9-18/h5-14,23H,4,15H2,1-3H3. The molecule has 1 heterocycles. The van der Waals surface area contributed by atoms with Crippen LogP contribution in [0.15, 0.2) is 60.7 Å². The van der Waals surface area contributed by atoms with Crippen molar-refractivity contribution in [1.82, 2.24) is 4.57 Å². The Morgan fingerprint density at radius 2 is 1.68 bits per heavy atom. The Balaban J connectivity index is 1.81. The largest absolute Gasteiger partial charge is 0.344 e. The molecule has 3 aromatic rings. The van der Waals surface area contributed by atoms with Crippen molar-refractivity contribution in [3.63, 3.8) is 0 Å². The first-order valence-corrected chi connectivity index (χ1v) is 10.8. The zero-order chi connectivity index (χ0) is 20.3. The molecule has 2 aromatic carbocycles. The molecule has 0 amide bonds. The molecule has 0 fully saturated rings. The molecule has 0 aliphatic carbocycles. The predicted octanol–water partition coefficient (Wildman–Crippen LogP) is 3.92. The number of hydrogen-bond donors (Lipinski definition) is 1. The van der Waals surface area contributed by atoms with Gasteiger partial charge in [-0.3, -0.25) is 9.52 Å². The molecule has 3 rings (SSSR count). The van der Waals surface area contributed by atoms with E-state index in [1.807, 2.05) is 67.1 Å². The van der Waals surface area contributed by atoms with Crippen LogP contribution in [0.5, 0.6) is 0 Å². The number of carbonyl (C=O) groups excluding carboxylic acids is 1. The Bertz CT molecular complexity index is 1080. The van der Waals surface area contributed by atoms with E-state index < -0.39 is 10.0 Å². The Kier molecular flexibility index (Phi) is 5.70. The Morgan fingerprint density at radius 3 is 2.29 bits per heavy atom. The van der Waals surface area contributed by atoms with Crippen LogP contribution in [0.1, 0.15) is 39.8 Å². The van der Waals surface area contributed by atoms with Crippen molar-refractivity contribution in [2.24, 2.45) is 7.05 Å². The van der Waals surface area contributed by atoms with E-state index >= 15 is 0 Å². The third-order valence-corrected chi connectivity index (χ3v) is 6.07. The van der Waals surface area contributed by atoms with E-state index in [1.165, 1.54) is 0 Å². The minimum atomic E-state index is -3.28. The van der Waals surface area contributed by atoms with Crippen molar-refractivity contribution >= 4 is 21.5 Å². The summed E-state index contributed by atoms with van der Waals surface area (Å²) >= 11 is 0. The van der Waals surface area contributed by atoms with Gasteiger partial charge in [0.1, 0.15) is 0 Å². The molecule has 0 saturated carbocycles. The monoisotopic (exact) mass is 396 g/mol. The second-order valence-electron chi connectivity index (χ2n) is 6.80. The minimum Gasteiger partial charge on any atom is -0.344 e. The molecule has 0 spiro atoms. The summed E-state index contributed by atoms with van der Waals surface area (Å²) in [5.74, 6) is 0.0476. The van der Waals surface area contributed by atoms with Crippen LogP contribution < -0.4 is 4.72 Å². The summed E-state index contributed by atoms with van der Waals surface area (Å²) in [4.78, 5) is 12.9. The number of sulfonamides is 1. The number of carbonyl (C=O) groups is 1. The van der Waals surface area contributed by atoms with Gasteiger partial charge in [0, 0.05) is 30.4 Å². The molecule has 0 atom stereocenters. The van der Waals surface area contributed by atoms with E-state index in [9.17, 15) is 13.2 Å². The first kappa shape index (κ1) is 19.9. The van der Waals surface area contributed by atoms with Crippen LogP contribution in [0.3, 0.4) is 0 Å². The molecular formula is C22H24N2O3S. The zero-order valence-electron chi connectivity index (χ0n) is 16.3. The van der Waals surface area contributed by atoms with E-state index in [0.717, 1.165) is 16.8 Å². The molecule has 1 N–H and O–H groups in total. The minimum absolute atomic E-state index is 0.0103. The maximum absolute atomic E-state index is 12.9. The lowest BCUT2D eigenvalue weighted by atomic mass is 10.1. The van der Waals surface area contributed by atoms with Crippen LogP contribution in [0, 0.1) is 6.92 Å². The summed E-state index contributed by atoms with van der Waals surface area (Å²) in [6.07, 6.45) is 0.653. The normalized spacial score (nSPS) is 11.4. The number of nitrogens with zero attached hydrogens (tertiary/aromatic N) is 1. The highest BCUT2D eigenvalue weighted by Gasteiger charge is 2.18. The average molecular weight is 397 g/mol. The van der Waals surface area contributed by atoms with Crippen LogP contribution >= 0.6 is 0 Å². The lowest BCUT2D eigenvalue weighted by molar-refractivity contribution is 0.103. The van der Waals surface area contributed by atoms with E-state index in [1.54, 1.807) is 19.1 Å². The third-order valence-electron chi connectivity index (χ3n) is 4.77. The molecule has 0 radical (unpaired) electrons. The van der Waals surface area contributed by atoms with E-state index in [2.05, 4.69) is 4.72 Å². The smallest absolute Gasteiger partial charge is 0.232 e. The molecule has 0 bridgehead atoms. The average Bonchev–Trinajstić information content (AvgIpc) is 2.96. The van der Waals surface area contributed by atoms with E-state index in [4.69, 9.17) is 0 Å². The summed E-state index contributed by atoms with van der Waals surface area (Å²) in [5, 5.41) is 0. The van der Waals surface area contributed by atoms with Gasteiger partial charge in [-0.2, -0.15) is 0 Å². The molecule has 0 aliphatic rings. The number of ketones is 1. The molecular weight excluding hydrogens is 372 g/mol. The lowest BCUT2D eigenvalue weighted by Crippen LogP contribution is -2.14. The maximum Gasteiger partial charge on any atom is 0.232 e. The van der Waals surface area contributed by atoms with E-state index in [-0.39, 0.29) is 11.5 Å². The van der Waals surface area contributed by atoms with Crippen LogP contribution in [0.4, 0.5) is 5.69 Å². The maximum atomic E-state index is 12.9. The van der Waals surface area contributed by atoms with Gasteiger partial charge >= 0.3 is 0 Å². The Hall–Kier alpha value is -2.86. The third kappa shape index (κ3) is 4.34. The van der Waals surface area contributed by atoms with Crippen molar-refractivity contribution in [3.05, 3.63) is 88.7 Å². The summed E-state index contributed by atoms with van der Waals surface area (Å²) < 4.78 is 27.8. The number of benzene rings is 2. The molecule has 28 heavy (non-hydrogen) atoms. The van der Waals surface area contributed by atoms with Crippen LogP contribution in [-0.2, 0) is 23.5 Å². The number of nitrogens with one attached hydrogen (secondary N) is 1. The topological polar surface area (TPSA) is 68.2 Å². The van der Waals surface area contributed by atoms with Gasteiger partial charge in [0.25, 0.3) is 0 Å². The highest BCUT2D eigenvalue weighted by Crippen LogP contribution is 2.21. The second kappa shape index (κ2) is 8.02. The predicted molar refractivity (Wildman–Crippen MR) is 112 cm³/mol. The molecule has 146 valence electrons. The second-order valence-corrected chi connectivity index (χ2v) is 8.81. The van der Waals surface area contributed by atoms with Crippen molar-refractivity contribution in [2.45, 2.75) is 20.3 Å². The summed E-state index contributed by atoms with van der Waals surface area (Å²) in [5.41, 5.74) is 4.92. The highest BCUT2D eigenvalue weighted by molar-refractivity contribution is 7.92. The summed E-state index contributed by atoms with van der Waals surface area (Å²) in [6, 6.07) is 18.6. The summed E-state index contributed by atoms with van der Waals surface area (Å²) in [6.45, 7) is 3.55. The fourth-order valence-electron chi connectivity index (χ4n) is 3.20. The van der Waals surface area contributed by atoms with Crippen molar-refractivity contribution in [2.75, 3.05) is 10.5 Å². The van der Waals surface area contributed by atoms with Gasteiger partial charge in [0.05, 0.1) is 11.4 Å². The van der Waals surface area contributed by atoms with Gasteiger partial charge in [-0.25, -0.2) is 8.42 Å². The molecule has 0 aliphatic heterocycles. The van der Waals surface area contributed by atoms with Gasteiger partial charge < -0.3 is 4.57 Å². The number of rotatable bonds is 7. The fourth-order valence-corrected chi connectivity index (χ4v) is 3.84. The van der Waals surface area contributed by atoms with Gasteiger partial charge in [0.2, 0.25) is 15.8 Å². The summed E-state index contributed by atoms with van der Waals surface area (Å²) in [7, 11) is -1.38. The first-order valence-electron chi connectivity index (χ1n) is 9.15. The number of anilines is 1. The molecule has 5 nitrogen and oxygen atoms in total. The van der Waals surface area contributed by atoms with Crippen LogP contribution in [0.2, 0.25) is 0 Å². The van der Waals surface area contributed by atoms with Crippen LogP contribution in [-0.4, -0.2) is 24.5 Å². The van der Waals surface area contributed by atoms with Crippen molar-refractivity contribution in [1.29, 1.82) is 0 Å².